The van der Waals surface area contributed by atoms with Crippen molar-refractivity contribution in [1.82, 2.24) is 9.80 Å². The van der Waals surface area contributed by atoms with Gasteiger partial charge in [0.1, 0.15) is 5.75 Å². The summed E-state index contributed by atoms with van der Waals surface area (Å²) >= 11 is 0. The number of hydrogen-bond acceptors (Lipinski definition) is 3. The van der Waals surface area contributed by atoms with Crippen LogP contribution in [0.1, 0.15) is 34.3 Å². The van der Waals surface area contributed by atoms with Gasteiger partial charge in [-0.05, 0) is 49.6 Å². The maximum atomic E-state index is 12.8. The lowest BCUT2D eigenvalue weighted by molar-refractivity contribution is -0.131. The number of aryl methyl sites for hydroxylation is 2. The highest BCUT2D eigenvalue weighted by atomic mass is 16.5. The molecule has 0 atom stereocenters. The molecule has 2 aromatic rings. The van der Waals surface area contributed by atoms with Gasteiger partial charge in [-0.1, -0.05) is 29.8 Å². The van der Waals surface area contributed by atoms with E-state index in [-0.39, 0.29) is 11.8 Å². The molecule has 0 aliphatic carbocycles. The maximum absolute atomic E-state index is 12.8. The maximum Gasteiger partial charge on any atom is 0.253 e. The summed E-state index contributed by atoms with van der Waals surface area (Å²) in [5.41, 5.74) is 2.93. The molecule has 5 nitrogen and oxygen atoms in total. The van der Waals surface area contributed by atoms with Crippen molar-refractivity contribution in [2.75, 3.05) is 33.3 Å². The van der Waals surface area contributed by atoms with Crippen molar-refractivity contribution in [2.24, 2.45) is 0 Å². The van der Waals surface area contributed by atoms with E-state index in [4.69, 9.17) is 4.74 Å². The molecule has 0 aromatic heterocycles. The summed E-state index contributed by atoms with van der Waals surface area (Å²) in [4.78, 5) is 29.2. The second kappa shape index (κ2) is 9.40. The topological polar surface area (TPSA) is 49.9 Å². The SMILES string of the molecule is COc1ccc(CCC(=O)N2CCCN(C(=O)c3cccc(C)c3)CC2)cc1. The third-order valence-electron chi connectivity index (χ3n) is 5.19. The van der Waals surface area contributed by atoms with E-state index in [1.54, 1.807) is 7.11 Å². The molecule has 0 radical (unpaired) electrons. The van der Waals surface area contributed by atoms with Crippen LogP contribution in [0.3, 0.4) is 0 Å². The lowest BCUT2D eigenvalue weighted by atomic mass is 10.1. The largest absolute Gasteiger partial charge is 0.497 e. The van der Waals surface area contributed by atoms with Gasteiger partial charge in [-0.25, -0.2) is 0 Å². The minimum Gasteiger partial charge on any atom is -0.497 e. The van der Waals surface area contributed by atoms with Gasteiger partial charge >= 0.3 is 0 Å². The molecule has 3 rings (SSSR count). The van der Waals surface area contributed by atoms with E-state index in [9.17, 15) is 9.59 Å². The summed E-state index contributed by atoms with van der Waals surface area (Å²) in [7, 11) is 1.64. The molecule has 1 fully saturated rings. The van der Waals surface area contributed by atoms with Gasteiger partial charge in [-0.3, -0.25) is 9.59 Å². The Kier molecular flexibility index (Phi) is 6.69. The summed E-state index contributed by atoms with van der Waals surface area (Å²) in [6, 6.07) is 15.5. The Hall–Kier alpha value is -2.82. The third-order valence-corrected chi connectivity index (χ3v) is 5.19. The molecule has 0 N–H and O–H groups in total. The number of benzene rings is 2. The van der Waals surface area contributed by atoms with Crippen LogP contribution >= 0.6 is 0 Å². The molecule has 2 aromatic carbocycles. The average Bonchev–Trinajstić information content (AvgIpc) is 2.98. The van der Waals surface area contributed by atoms with Crippen molar-refractivity contribution in [3.05, 3.63) is 65.2 Å². The van der Waals surface area contributed by atoms with Crippen molar-refractivity contribution in [3.63, 3.8) is 0 Å². The van der Waals surface area contributed by atoms with Gasteiger partial charge in [0.2, 0.25) is 5.91 Å². The molecule has 0 unspecified atom stereocenters. The number of amides is 2. The Labute approximate surface area is 166 Å². The molecule has 2 amide bonds. The average molecular weight is 380 g/mol. The van der Waals surface area contributed by atoms with E-state index in [0.717, 1.165) is 28.9 Å². The van der Waals surface area contributed by atoms with Crippen LogP contribution in [0.5, 0.6) is 5.75 Å². The minimum atomic E-state index is 0.0521. The van der Waals surface area contributed by atoms with Crippen LogP contribution in [0.2, 0.25) is 0 Å². The highest BCUT2D eigenvalue weighted by Crippen LogP contribution is 2.15. The Morgan fingerprint density at radius 3 is 2.39 bits per heavy atom. The van der Waals surface area contributed by atoms with E-state index in [0.29, 0.717) is 39.0 Å². The van der Waals surface area contributed by atoms with Crippen LogP contribution in [-0.4, -0.2) is 54.9 Å². The second-order valence-electron chi connectivity index (χ2n) is 7.24. The van der Waals surface area contributed by atoms with Crippen LogP contribution < -0.4 is 4.74 Å². The van der Waals surface area contributed by atoms with Crippen molar-refractivity contribution in [2.45, 2.75) is 26.2 Å². The number of rotatable bonds is 5. The highest BCUT2D eigenvalue weighted by molar-refractivity contribution is 5.94. The van der Waals surface area contributed by atoms with Crippen LogP contribution in [0, 0.1) is 6.92 Å². The van der Waals surface area contributed by atoms with Crippen molar-refractivity contribution in [3.8, 4) is 5.75 Å². The Bertz CT molecular complexity index is 817. The lowest BCUT2D eigenvalue weighted by Gasteiger charge is -2.22. The molecule has 1 saturated heterocycles. The summed E-state index contributed by atoms with van der Waals surface area (Å²) < 4.78 is 5.16. The normalized spacial score (nSPS) is 14.5. The number of carbonyl (C=O) groups excluding carboxylic acids is 2. The smallest absolute Gasteiger partial charge is 0.253 e. The molecular formula is C23H28N2O3. The van der Waals surface area contributed by atoms with Crippen molar-refractivity contribution >= 4 is 11.8 Å². The van der Waals surface area contributed by atoms with E-state index in [1.807, 2.05) is 65.3 Å². The van der Waals surface area contributed by atoms with Gasteiger partial charge in [0.25, 0.3) is 5.91 Å². The summed E-state index contributed by atoms with van der Waals surface area (Å²) in [5, 5.41) is 0. The molecule has 0 spiro atoms. The predicted octanol–water partition coefficient (Wildman–Crippen LogP) is 3.31. The van der Waals surface area contributed by atoms with Gasteiger partial charge in [0.15, 0.2) is 0 Å². The first-order valence-corrected chi connectivity index (χ1v) is 9.83. The van der Waals surface area contributed by atoms with Crippen molar-refractivity contribution in [1.29, 1.82) is 0 Å². The fourth-order valence-electron chi connectivity index (χ4n) is 3.53. The highest BCUT2D eigenvalue weighted by Gasteiger charge is 2.22. The number of nitrogens with zero attached hydrogens (tertiary/aromatic N) is 2. The van der Waals surface area contributed by atoms with Crippen LogP contribution in [-0.2, 0) is 11.2 Å². The van der Waals surface area contributed by atoms with Crippen LogP contribution in [0.15, 0.2) is 48.5 Å². The zero-order valence-corrected chi connectivity index (χ0v) is 16.7. The van der Waals surface area contributed by atoms with Gasteiger partial charge in [-0.15, -0.1) is 0 Å². The monoisotopic (exact) mass is 380 g/mol. The lowest BCUT2D eigenvalue weighted by Crippen LogP contribution is -2.37. The first kappa shape index (κ1) is 19.9. The third kappa shape index (κ3) is 5.12. The van der Waals surface area contributed by atoms with Crippen molar-refractivity contribution < 1.29 is 14.3 Å². The van der Waals surface area contributed by atoms with E-state index in [2.05, 4.69) is 0 Å². The Morgan fingerprint density at radius 2 is 1.68 bits per heavy atom. The zero-order valence-electron chi connectivity index (χ0n) is 16.7. The minimum absolute atomic E-state index is 0.0521. The van der Waals surface area contributed by atoms with Gasteiger partial charge in [0.05, 0.1) is 7.11 Å². The van der Waals surface area contributed by atoms with Gasteiger partial charge < -0.3 is 14.5 Å². The van der Waals surface area contributed by atoms with Gasteiger partial charge in [-0.2, -0.15) is 0 Å². The summed E-state index contributed by atoms with van der Waals surface area (Å²) in [6.45, 7) is 4.57. The van der Waals surface area contributed by atoms with E-state index >= 15 is 0 Å². The second-order valence-corrected chi connectivity index (χ2v) is 7.24. The van der Waals surface area contributed by atoms with Crippen LogP contribution in [0.25, 0.3) is 0 Å². The molecule has 1 aliphatic heterocycles. The number of carbonyl (C=O) groups is 2. The summed E-state index contributed by atoms with van der Waals surface area (Å²) in [5.74, 6) is 1.03. The molecule has 0 bridgehead atoms. The number of hydrogen-bond donors (Lipinski definition) is 0. The van der Waals surface area contributed by atoms with Crippen LogP contribution in [0.4, 0.5) is 0 Å². The predicted molar refractivity (Wildman–Crippen MR) is 110 cm³/mol. The summed E-state index contributed by atoms with van der Waals surface area (Å²) in [6.07, 6.45) is 2.01. The number of methoxy groups -OCH3 is 1. The van der Waals surface area contributed by atoms with Gasteiger partial charge in [0, 0.05) is 38.2 Å². The molecule has 1 heterocycles. The zero-order chi connectivity index (χ0) is 19.9. The molecule has 1 aliphatic rings. The molecule has 28 heavy (non-hydrogen) atoms. The quantitative estimate of drug-likeness (QED) is 0.800. The Morgan fingerprint density at radius 1 is 0.964 bits per heavy atom. The standard InChI is InChI=1S/C23H28N2O3/c1-18-5-3-6-20(17-18)23(27)25-14-4-13-24(15-16-25)22(26)12-9-19-7-10-21(28-2)11-8-19/h3,5-8,10-11,17H,4,9,12-16H2,1-2H3. The molecule has 148 valence electrons. The van der Waals surface area contributed by atoms with E-state index in [1.165, 1.54) is 0 Å². The number of ether oxygens (including phenoxy) is 1. The molecular weight excluding hydrogens is 352 g/mol. The molecule has 0 saturated carbocycles. The van der Waals surface area contributed by atoms with E-state index < -0.39 is 0 Å². The fraction of sp³-hybridized carbons (Fsp3) is 0.391. The molecule has 5 heteroatoms. The Balaban J connectivity index is 1.52. The first-order chi connectivity index (χ1) is 13.6. The first-order valence-electron chi connectivity index (χ1n) is 9.83. The fourth-order valence-corrected chi connectivity index (χ4v) is 3.53.